The molecule has 9 heteroatoms. The van der Waals surface area contributed by atoms with Crippen LogP contribution in [0.5, 0.6) is 0 Å². The monoisotopic (exact) mass is 628 g/mol. The Balaban J connectivity index is 1.16. The van der Waals surface area contributed by atoms with Crippen molar-refractivity contribution in [1.82, 2.24) is 4.90 Å². The summed E-state index contributed by atoms with van der Waals surface area (Å²) in [6.45, 7) is -0.168. The number of nitrogens with one attached hydrogen (secondary N) is 1. The summed E-state index contributed by atoms with van der Waals surface area (Å²) < 4.78 is 0. The zero-order valence-electron chi connectivity index (χ0n) is 22.5. The Labute approximate surface area is 262 Å². The standard InChI is InChI=1S/C34H23Cl3N2O4/c35-20-14-15-26(21(18-20)30(41)19-8-2-1-3-9-19)38-27(40)16-17-39-31(42)28-29(32(39)43)34(37)23-11-5-4-10-22(23)33(28,36)24-12-6-7-13-25(24)34/h1-15,18,28-29H,16-17H2,(H,38,40)/t28-,29+,33?,34?. The van der Waals surface area contributed by atoms with Crippen LogP contribution < -0.4 is 5.32 Å². The first-order valence-electron chi connectivity index (χ1n) is 13.8. The average molecular weight is 630 g/mol. The van der Waals surface area contributed by atoms with Gasteiger partial charge in [0.15, 0.2) is 5.78 Å². The number of carbonyl (C=O) groups is 4. The fourth-order valence-electron chi connectivity index (χ4n) is 6.93. The molecular weight excluding hydrogens is 607 g/mol. The number of benzene rings is 4. The Morgan fingerprint density at radius 3 is 1.72 bits per heavy atom. The molecule has 4 aromatic carbocycles. The lowest BCUT2D eigenvalue weighted by molar-refractivity contribution is -0.140. The highest BCUT2D eigenvalue weighted by molar-refractivity contribution is 6.36. The van der Waals surface area contributed by atoms with Crippen molar-refractivity contribution in [1.29, 1.82) is 0 Å². The van der Waals surface area contributed by atoms with Gasteiger partial charge in [0.1, 0.15) is 9.75 Å². The summed E-state index contributed by atoms with van der Waals surface area (Å²) in [5.74, 6) is -3.56. The van der Waals surface area contributed by atoms with Crippen molar-refractivity contribution in [3.8, 4) is 0 Å². The second-order valence-corrected chi connectivity index (χ2v) is 12.6. The third-order valence-corrected chi connectivity index (χ3v) is 10.3. The highest BCUT2D eigenvalue weighted by atomic mass is 35.5. The number of nitrogens with zero attached hydrogens (tertiary/aromatic N) is 1. The van der Waals surface area contributed by atoms with Gasteiger partial charge >= 0.3 is 0 Å². The number of hydrogen-bond acceptors (Lipinski definition) is 4. The first-order valence-corrected chi connectivity index (χ1v) is 14.9. The zero-order chi connectivity index (χ0) is 30.1. The summed E-state index contributed by atoms with van der Waals surface area (Å²) in [5.41, 5.74) is 3.80. The van der Waals surface area contributed by atoms with Crippen LogP contribution in [0.4, 0.5) is 5.69 Å². The number of rotatable bonds is 6. The van der Waals surface area contributed by atoms with E-state index in [1.165, 1.54) is 6.07 Å². The number of likely N-dealkylation sites (tertiary alicyclic amines) is 1. The molecule has 0 saturated carbocycles. The van der Waals surface area contributed by atoms with E-state index in [0.29, 0.717) is 32.8 Å². The lowest BCUT2D eigenvalue weighted by Crippen LogP contribution is -2.57. The molecule has 1 aliphatic heterocycles. The lowest BCUT2D eigenvalue weighted by Gasteiger charge is -2.54. The summed E-state index contributed by atoms with van der Waals surface area (Å²) in [6, 6.07) is 28.1. The molecule has 1 N–H and O–H groups in total. The molecule has 2 atom stereocenters. The largest absolute Gasteiger partial charge is 0.325 e. The van der Waals surface area contributed by atoms with Gasteiger partial charge in [-0.1, -0.05) is 90.5 Å². The molecule has 0 spiro atoms. The Morgan fingerprint density at radius 2 is 1.21 bits per heavy atom. The predicted octanol–water partition coefficient (Wildman–Crippen LogP) is 6.49. The molecule has 8 rings (SSSR count). The second kappa shape index (κ2) is 10.1. The van der Waals surface area contributed by atoms with Gasteiger partial charge in [-0.05, 0) is 40.5 Å². The molecule has 3 amide bonds. The number of carbonyl (C=O) groups excluding carboxylic acids is 4. The van der Waals surface area contributed by atoms with Crippen molar-refractivity contribution in [2.75, 3.05) is 11.9 Å². The smallest absolute Gasteiger partial charge is 0.235 e. The number of hydrogen-bond donors (Lipinski definition) is 1. The van der Waals surface area contributed by atoms with Gasteiger partial charge in [0, 0.05) is 29.1 Å². The number of anilines is 1. The Morgan fingerprint density at radius 1 is 0.721 bits per heavy atom. The molecule has 4 aromatic rings. The number of alkyl halides is 2. The van der Waals surface area contributed by atoms with Crippen LogP contribution in [-0.2, 0) is 24.1 Å². The molecule has 1 heterocycles. The normalized spacial score (nSPS) is 24.8. The Kier molecular flexibility index (Phi) is 6.51. The number of halogens is 3. The van der Waals surface area contributed by atoms with Gasteiger partial charge in [0.05, 0.1) is 17.5 Å². The summed E-state index contributed by atoms with van der Waals surface area (Å²) in [5, 5.41) is 3.10. The van der Waals surface area contributed by atoms with Crippen LogP contribution in [0.3, 0.4) is 0 Å². The van der Waals surface area contributed by atoms with Crippen LogP contribution in [0, 0.1) is 11.8 Å². The lowest BCUT2D eigenvalue weighted by atomic mass is 9.54. The van der Waals surface area contributed by atoms with Crippen LogP contribution >= 0.6 is 34.8 Å². The van der Waals surface area contributed by atoms with E-state index in [-0.39, 0.29) is 30.0 Å². The quantitative estimate of drug-likeness (QED) is 0.150. The summed E-state index contributed by atoms with van der Waals surface area (Å²) >= 11 is 21.1. The fraction of sp³-hybridized carbons (Fsp3) is 0.176. The predicted molar refractivity (Wildman–Crippen MR) is 164 cm³/mol. The van der Waals surface area contributed by atoms with E-state index < -0.39 is 39.3 Å². The van der Waals surface area contributed by atoms with E-state index in [4.69, 9.17) is 34.8 Å². The van der Waals surface area contributed by atoms with Gasteiger partial charge in [0.2, 0.25) is 17.7 Å². The molecule has 1 fully saturated rings. The van der Waals surface area contributed by atoms with Gasteiger partial charge in [-0.15, -0.1) is 23.2 Å². The van der Waals surface area contributed by atoms with Crippen molar-refractivity contribution >= 4 is 64.0 Å². The van der Waals surface area contributed by atoms with Crippen molar-refractivity contribution < 1.29 is 19.2 Å². The first kappa shape index (κ1) is 27.8. The second-order valence-electron chi connectivity index (χ2n) is 11.0. The SMILES string of the molecule is O=C(CCN1C(=O)[C@@H]2[C@H](C1=O)C1(Cl)c3ccccc3C2(Cl)c2ccccc21)Nc1ccc(Cl)cc1C(=O)c1ccccc1. The maximum Gasteiger partial charge on any atom is 0.235 e. The maximum absolute atomic E-state index is 14.0. The van der Waals surface area contributed by atoms with E-state index >= 15 is 0 Å². The highest BCUT2D eigenvalue weighted by Crippen LogP contribution is 2.69. The molecule has 0 unspecified atom stereocenters. The third-order valence-electron chi connectivity index (χ3n) is 8.78. The van der Waals surface area contributed by atoms with Crippen LogP contribution in [0.25, 0.3) is 0 Å². The van der Waals surface area contributed by atoms with Gasteiger partial charge in [-0.25, -0.2) is 0 Å². The van der Waals surface area contributed by atoms with Crippen molar-refractivity contribution in [3.63, 3.8) is 0 Å². The van der Waals surface area contributed by atoms with E-state index in [0.717, 1.165) is 4.90 Å². The molecule has 0 aromatic heterocycles. The van der Waals surface area contributed by atoms with Crippen molar-refractivity contribution in [2.24, 2.45) is 11.8 Å². The minimum atomic E-state index is -1.28. The van der Waals surface area contributed by atoms with E-state index in [9.17, 15) is 19.2 Å². The van der Waals surface area contributed by atoms with Gasteiger partial charge in [-0.2, -0.15) is 0 Å². The van der Waals surface area contributed by atoms with Gasteiger partial charge < -0.3 is 5.32 Å². The molecule has 4 aliphatic rings. The first-order chi connectivity index (χ1) is 20.7. The fourth-order valence-corrected chi connectivity index (χ4v) is 8.20. The summed E-state index contributed by atoms with van der Waals surface area (Å²) in [7, 11) is 0. The van der Waals surface area contributed by atoms with E-state index in [2.05, 4.69) is 5.32 Å². The van der Waals surface area contributed by atoms with Crippen molar-refractivity contribution in [2.45, 2.75) is 16.2 Å². The number of ketones is 1. The number of amides is 3. The Hall–Kier alpha value is -3.97. The third kappa shape index (κ3) is 3.93. The van der Waals surface area contributed by atoms with Crippen molar-refractivity contribution in [3.05, 3.63) is 135 Å². The van der Waals surface area contributed by atoms with E-state index in [1.807, 2.05) is 48.5 Å². The molecule has 1 saturated heterocycles. The van der Waals surface area contributed by atoms with Gasteiger partial charge in [-0.3, -0.25) is 24.1 Å². The highest BCUT2D eigenvalue weighted by Gasteiger charge is 2.72. The summed E-state index contributed by atoms with van der Waals surface area (Å²) in [4.78, 5) is 52.9. The molecule has 214 valence electrons. The number of imide groups is 1. The van der Waals surface area contributed by atoms with Crippen LogP contribution in [0.15, 0.2) is 97.1 Å². The zero-order valence-corrected chi connectivity index (χ0v) is 24.8. The average Bonchev–Trinajstić information content (AvgIpc) is 3.29. The molecule has 43 heavy (non-hydrogen) atoms. The van der Waals surface area contributed by atoms with Gasteiger partial charge in [0.25, 0.3) is 0 Å². The molecule has 2 bridgehead atoms. The minimum absolute atomic E-state index is 0.168. The van der Waals surface area contributed by atoms with Crippen LogP contribution in [0.2, 0.25) is 5.02 Å². The Bertz CT molecular complexity index is 1740. The summed E-state index contributed by atoms with van der Waals surface area (Å²) in [6.07, 6.45) is -0.191. The molecular formula is C34H23Cl3N2O4. The molecule has 0 radical (unpaired) electrons. The molecule has 6 nitrogen and oxygen atoms in total. The maximum atomic E-state index is 14.0. The minimum Gasteiger partial charge on any atom is -0.325 e. The van der Waals surface area contributed by atoms with E-state index in [1.54, 1.807) is 42.5 Å². The topological polar surface area (TPSA) is 83.6 Å². The van der Waals surface area contributed by atoms with Crippen LogP contribution in [-0.4, -0.2) is 34.9 Å². The molecule has 3 aliphatic carbocycles. The van der Waals surface area contributed by atoms with Crippen LogP contribution in [0.1, 0.15) is 44.6 Å².